The summed E-state index contributed by atoms with van der Waals surface area (Å²) < 4.78 is 1.70. The molecular weight excluding hydrogens is 262 g/mol. The Morgan fingerprint density at radius 2 is 2.26 bits per heavy atom. The minimum absolute atomic E-state index is 0.0278. The van der Waals surface area contributed by atoms with Crippen molar-refractivity contribution in [3.8, 4) is 0 Å². The average Bonchev–Trinajstić information content (AvgIpc) is 2.67. The molecular formula is C13H21N3O2S. The predicted molar refractivity (Wildman–Crippen MR) is 74.4 cm³/mol. The van der Waals surface area contributed by atoms with Gasteiger partial charge in [0.25, 0.3) is 0 Å². The fraction of sp³-hybridized carbons (Fsp3) is 0.769. The number of aromatic nitrogens is 3. The van der Waals surface area contributed by atoms with E-state index in [1.165, 1.54) is 31.0 Å². The van der Waals surface area contributed by atoms with Gasteiger partial charge in [0.05, 0.1) is 5.75 Å². The summed E-state index contributed by atoms with van der Waals surface area (Å²) in [5.74, 6) is 0.458. The zero-order valence-corrected chi connectivity index (χ0v) is 12.5. The molecule has 2 rings (SSSR count). The molecule has 0 spiro atoms. The monoisotopic (exact) mass is 283 g/mol. The lowest BCUT2D eigenvalue weighted by atomic mass is 9.68. The molecule has 1 saturated carbocycles. The zero-order chi connectivity index (χ0) is 14.0. The molecule has 0 radical (unpaired) electrons. The number of nitrogens with zero attached hydrogens (tertiary/aromatic N) is 3. The Balaban J connectivity index is 2.16. The molecule has 1 heterocycles. The lowest BCUT2D eigenvalue weighted by Gasteiger charge is -2.36. The van der Waals surface area contributed by atoms with E-state index in [-0.39, 0.29) is 11.2 Å². The van der Waals surface area contributed by atoms with Crippen LogP contribution in [0.5, 0.6) is 0 Å². The molecule has 1 aliphatic carbocycles. The van der Waals surface area contributed by atoms with E-state index >= 15 is 0 Å². The van der Waals surface area contributed by atoms with Crippen molar-refractivity contribution in [1.82, 2.24) is 14.8 Å². The Bertz CT molecular complexity index is 470. The molecule has 1 aliphatic rings. The molecule has 1 N–H and O–H groups in total. The lowest BCUT2D eigenvalue weighted by molar-refractivity contribution is -0.133. The van der Waals surface area contributed by atoms with Crippen molar-refractivity contribution < 1.29 is 9.90 Å². The molecule has 19 heavy (non-hydrogen) atoms. The second kappa shape index (κ2) is 5.53. The molecule has 106 valence electrons. The van der Waals surface area contributed by atoms with Crippen LogP contribution < -0.4 is 0 Å². The molecule has 1 fully saturated rings. The number of rotatable bonds is 4. The second-order valence-electron chi connectivity index (χ2n) is 5.85. The van der Waals surface area contributed by atoms with E-state index in [1.807, 2.05) is 7.05 Å². The highest BCUT2D eigenvalue weighted by molar-refractivity contribution is 7.99. The minimum atomic E-state index is -0.826. The first kappa shape index (κ1) is 14.4. The Hall–Kier alpha value is -1.04. The highest BCUT2D eigenvalue weighted by Crippen LogP contribution is 2.45. The number of carbonyl (C=O) groups is 1. The van der Waals surface area contributed by atoms with Gasteiger partial charge in [0.2, 0.25) is 0 Å². The topological polar surface area (TPSA) is 68.0 Å². The van der Waals surface area contributed by atoms with Crippen molar-refractivity contribution in [2.75, 3.05) is 5.75 Å². The highest BCUT2D eigenvalue weighted by Gasteiger charge is 2.36. The maximum Gasteiger partial charge on any atom is 0.313 e. The van der Waals surface area contributed by atoms with Crippen LogP contribution >= 0.6 is 11.8 Å². The smallest absolute Gasteiger partial charge is 0.313 e. The molecule has 0 amide bonds. The lowest BCUT2D eigenvalue weighted by Crippen LogP contribution is -2.27. The van der Waals surface area contributed by atoms with Crippen LogP contribution in [0.15, 0.2) is 5.16 Å². The summed E-state index contributed by atoms with van der Waals surface area (Å²) in [5, 5.41) is 13.9. The van der Waals surface area contributed by atoms with E-state index in [4.69, 9.17) is 5.11 Å². The van der Waals surface area contributed by atoms with Gasteiger partial charge in [-0.15, -0.1) is 0 Å². The van der Waals surface area contributed by atoms with Gasteiger partial charge in [-0.3, -0.25) is 4.79 Å². The highest BCUT2D eigenvalue weighted by atomic mass is 32.2. The van der Waals surface area contributed by atoms with E-state index in [9.17, 15) is 4.79 Å². The predicted octanol–water partition coefficient (Wildman–Crippen LogP) is 2.68. The first-order valence-corrected chi connectivity index (χ1v) is 7.64. The quantitative estimate of drug-likeness (QED) is 0.860. The number of aliphatic carboxylic acids is 1. The van der Waals surface area contributed by atoms with E-state index in [1.54, 1.807) is 4.68 Å². The Morgan fingerprint density at radius 1 is 1.53 bits per heavy atom. The third-order valence-electron chi connectivity index (χ3n) is 3.88. The molecule has 0 aromatic carbocycles. The van der Waals surface area contributed by atoms with Crippen LogP contribution in [0.2, 0.25) is 0 Å². The molecule has 6 heteroatoms. The van der Waals surface area contributed by atoms with Crippen LogP contribution in [-0.2, 0) is 11.8 Å². The van der Waals surface area contributed by atoms with Crippen LogP contribution in [0, 0.1) is 5.41 Å². The summed E-state index contributed by atoms with van der Waals surface area (Å²) in [6.07, 6.45) is 4.83. The van der Waals surface area contributed by atoms with Crippen molar-refractivity contribution >= 4 is 17.7 Å². The van der Waals surface area contributed by atoms with E-state index in [0.29, 0.717) is 11.1 Å². The summed E-state index contributed by atoms with van der Waals surface area (Å²) in [6, 6.07) is 0. The Labute approximate surface area is 117 Å². The van der Waals surface area contributed by atoms with Crippen LogP contribution in [0.4, 0.5) is 0 Å². The largest absolute Gasteiger partial charge is 0.481 e. The van der Waals surface area contributed by atoms with Crippen LogP contribution in [0.25, 0.3) is 0 Å². The molecule has 5 nitrogen and oxygen atoms in total. The molecule has 0 aliphatic heterocycles. The summed E-state index contributed by atoms with van der Waals surface area (Å²) in [7, 11) is 1.83. The molecule has 1 unspecified atom stereocenters. The number of carboxylic acids is 1. The number of carboxylic acid groups (broad SMARTS) is 1. The summed E-state index contributed by atoms with van der Waals surface area (Å²) in [5.41, 5.74) is 0.230. The molecule has 0 bridgehead atoms. The SMILES string of the molecule is Cn1nc(C2CCCCC2(C)C)nc1SCC(=O)O. The summed E-state index contributed by atoms with van der Waals surface area (Å²) >= 11 is 1.23. The van der Waals surface area contributed by atoms with Gasteiger partial charge in [0.1, 0.15) is 0 Å². The first-order valence-electron chi connectivity index (χ1n) is 6.65. The van der Waals surface area contributed by atoms with Crippen LogP contribution in [0.1, 0.15) is 51.3 Å². The number of hydrogen-bond acceptors (Lipinski definition) is 4. The van der Waals surface area contributed by atoms with Crippen molar-refractivity contribution in [2.45, 2.75) is 50.6 Å². The van der Waals surface area contributed by atoms with Crippen molar-refractivity contribution in [1.29, 1.82) is 0 Å². The number of aryl methyl sites for hydroxylation is 1. The van der Waals surface area contributed by atoms with Gasteiger partial charge in [-0.1, -0.05) is 38.5 Å². The number of thioether (sulfide) groups is 1. The third-order valence-corrected chi connectivity index (χ3v) is 4.89. The third kappa shape index (κ3) is 3.29. The van der Waals surface area contributed by atoms with Crippen molar-refractivity contribution in [2.24, 2.45) is 12.5 Å². The van der Waals surface area contributed by atoms with Gasteiger partial charge in [-0.05, 0) is 18.3 Å². The zero-order valence-electron chi connectivity index (χ0n) is 11.7. The van der Waals surface area contributed by atoms with Gasteiger partial charge >= 0.3 is 5.97 Å². The van der Waals surface area contributed by atoms with Gasteiger partial charge < -0.3 is 5.11 Å². The Kier molecular flexibility index (Phi) is 4.18. The fourth-order valence-electron chi connectivity index (χ4n) is 2.76. The van der Waals surface area contributed by atoms with Crippen molar-refractivity contribution in [3.63, 3.8) is 0 Å². The van der Waals surface area contributed by atoms with E-state index in [0.717, 1.165) is 12.2 Å². The maximum absolute atomic E-state index is 10.6. The van der Waals surface area contributed by atoms with E-state index < -0.39 is 5.97 Å². The normalized spacial score (nSPS) is 22.4. The molecule has 0 saturated heterocycles. The van der Waals surface area contributed by atoms with Crippen molar-refractivity contribution in [3.05, 3.63) is 5.82 Å². The van der Waals surface area contributed by atoms with Gasteiger partial charge in [0.15, 0.2) is 11.0 Å². The van der Waals surface area contributed by atoms with Gasteiger partial charge in [0, 0.05) is 13.0 Å². The summed E-state index contributed by atoms with van der Waals surface area (Å²) in [6.45, 7) is 4.55. The first-order chi connectivity index (χ1) is 8.90. The molecule has 1 aromatic rings. The summed E-state index contributed by atoms with van der Waals surface area (Å²) in [4.78, 5) is 15.2. The van der Waals surface area contributed by atoms with Crippen LogP contribution in [-0.4, -0.2) is 31.6 Å². The van der Waals surface area contributed by atoms with E-state index in [2.05, 4.69) is 23.9 Å². The molecule has 1 aromatic heterocycles. The minimum Gasteiger partial charge on any atom is -0.481 e. The second-order valence-corrected chi connectivity index (χ2v) is 6.79. The molecule has 1 atom stereocenters. The average molecular weight is 283 g/mol. The number of hydrogen-bond donors (Lipinski definition) is 1. The van der Waals surface area contributed by atoms with Gasteiger partial charge in [-0.2, -0.15) is 5.10 Å². The van der Waals surface area contributed by atoms with Crippen LogP contribution in [0.3, 0.4) is 0 Å². The fourth-order valence-corrected chi connectivity index (χ4v) is 3.40. The van der Waals surface area contributed by atoms with Gasteiger partial charge in [-0.25, -0.2) is 9.67 Å². The standard InChI is InChI=1S/C13H21N3O2S/c1-13(2)7-5-4-6-9(13)11-14-12(16(3)15-11)19-8-10(17)18/h9H,4-8H2,1-3H3,(H,17,18). The maximum atomic E-state index is 10.6. The Morgan fingerprint density at radius 3 is 2.89 bits per heavy atom.